The molecule has 0 bridgehead atoms. The standard InChI is InChI=1S/C30H24N2O3/c1-19-14-15-26(20(2)16-19)32-29(33)18-35-30(34)25-17-28(31-27-13-6-5-11-24(25)27)23-12-7-9-21-8-3-4-10-22(21)23/h3-17H,18H2,1-2H3,(H,32,33). The Bertz CT molecular complexity index is 1580. The highest BCUT2D eigenvalue weighted by Crippen LogP contribution is 2.30. The van der Waals surface area contributed by atoms with Gasteiger partial charge in [-0.1, -0.05) is 78.4 Å². The average Bonchev–Trinajstić information content (AvgIpc) is 2.88. The van der Waals surface area contributed by atoms with Crippen LogP contribution in [0.25, 0.3) is 32.9 Å². The van der Waals surface area contributed by atoms with Gasteiger partial charge in [0.25, 0.3) is 5.91 Å². The maximum absolute atomic E-state index is 13.1. The maximum Gasteiger partial charge on any atom is 0.339 e. The molecule has 0 spiro atoms. The van der Waals surface area contributed by atoms with Gasteiger partial charge in [-0.15, -0.1) is 0 Å². The van der Waals surface area contributed by atoms with Gasteiger partial charge < -0.3 is 10.1 Å². The van der Waals surface area contributed by atoms with Crippen LogP contribution in [0.3, 0.4) is 0 Å². The lowest BCUT2D eigenvalue weighted by molar-refractivity contribution is -0.119. The number of hydrogen-bond donors (Lipinski definition) is 1. The summed E-state index contributed by atoms with van der Waals surface area (Å²) in [7, 11) is 0. The Hall–Kier alpha value is -4.51. The molecule has 172 valence electrons. The van der Waals surface area contributed by atoms with Crippen LogP contribution in [0.15, 0.2) is 91.0 Å². The predicted molar refractivity (Wildman–Crippen MR) is 140 cm³/mol. The summed E-state index contributed by atoms with van der Waals surface area (Å²) in [4.78, 5) is 30.4. The highest BCUT2D eigenvalue weighted by atomic mass is 16.5. The maximum atomic E-state index is 13.1. The number of esters is 1. The minimum Gasteiger partial charge on any atom is -0.452 e. The number of anilines is 1. The molecule has 35 heavy (non-hydrogen) atoms. The Morgan fingerprint density at radius 1 is 0.829 bits per heavy atom. The summed E-state index contributed by atoms with van der Waals surface area (Å²) in [5.74, 6) is -0.959. The van der Waals surface area contributed by atoms with E-state index < -0.39 is 11.9 Å². The number of hydrogen-bond acceptors (Lipinski definition) is 4. The van der Waals surface area contributed by atoms with Crippen molar-refractivity contribution in [2.45, 2.75) is 13.8 Å². The summed E-state index contributed by atoms with van der Waals surface area (Å²) in [6.07, 6.45) is 0. The monoisotopic (exact) mass is 460 g/mol. The van der Waals surface area contributed by atoms with E-state index in [-0.39, 0.29) is 6.61 Å². The molecule has 0 atom stereocenters. The first-order chi connectivity index (χ1) is 17.0. The first kappa shape index (κ1) is 22.3. The van der Waals surface area contributed by atoms with Gasteiger partial charge >= 0.3 is 5.97 Å². The molecule has 0 fully saturated rings. The first-order valence-electron chi connectivity index (χ1n) is 11.4. The lowest BCUT2D eigenvalue weighted by Crippen LogP contribution is -2.21. The number of fused-ring (bicyclic) bond motifs is 2. The number of para-hydroxylation sites is 1. The quantitative estimate of drug-likeness (QED) is 0.305. The van der Waals surface area contributed by atoms with Gasteiger partial charge in [-0.25, -0.2) is 9.78 Å². The Morgan fingerprint density at radius 2 is 1.57 bits per heavy atom. The van der Waals surface area contributed by atoms with Crippen LogP contribution in [0, 0.1) is 13.8 Å². The third-order valence-electron chi connectivity index (χ3n) is 5.99. The van der Waals surface area contributed by atoms with Crippen molar-refractivity contribution < 1.29 is 14.3 Å². The van der Waals surface area contributed by atoms with Crippen LogP contribution < -0.4 is 5.32 Å². The normalized spacial score (nSPS) is 10.9. The molecule has 0 aliphatic rings. The molecule has 4 aromatic carbocycles. The van der Waals surface area contributed by atoms with Crippen LogP contribution in [0.1, 0.15) is 21.5 Å². The smallest absolute Gasteiger partial charge is 0.339 e. The minimum absolute atomic E-state index is 0.373. The molecule has 1 amide bonds. The number of aromatic nitrogens is 1. The highest BCUT2D eigenvalue weighted by molar-refractivity contribution is 6.07. The van der Waals surface area contributed by atoms with Gasteiger partial charge in [-0.2, -0.15) is 0 Å². The SMILES string of the molecule is Cc1ccc(NC(=O)COC(=O)c2cc(-c3cccc4ccccc34)nc3ccccc23)c(C)c1. The number of rotatable bonds is 5. The number of nitrogens with one attached hydrogen (secondary N) is 1. The van der Waals surface area contributed by atoms with Gasteiger partial charge in [0, 0.05) is 16.6 Å². The van der Waals surface area contributed by atoms with Crippen molar-refractivity contribution in [3.8, 4) is 11.3 Å². The second-order valence-corrected chi connectivity index (χ2v) is 8.54. The molecule has 5 rings (SSSR count). The van der Waals surface area contributed by atoms with Crippen LogP contribution in [0.2, 0.25) is 0 Å². The molecule has 1 aromatic heterocycles. The molecule has 0 aliphatic heterocycles. The number of ether oxygens (including phenoxy) is 1. The predicted octanol–water partition coefficient (Wildman–Crippen LogP) is 6.47. The summed E-state index contributed by atoms with van der Waals surface area (Å²) < 4.78 is 5.43. The summed E-state index contributed by atoms with van der Waals surface area (Å²) in [5.41, 5.74) is 5.41. The van der Waals surface area contributed by atoms with Gasteiger partial charge in [0.2, 0.25) is 0 Å². The number of aryl methyl sites for hydroxylation is 2. The van der Waals surface area contributed by atoms with E-state index in [1.165, 1.54) is 0 Å². The molecule has 5 nitrogen and oxygen atoms in total. The molecule has 0 unspecified atom stereocenters. The molecule has 0 saturated carbocycles. The minimum atomic E-state index is -0.569. The molecule has 5 aromatic rings. The lowest BCUT2D eigenvalue weighted by Gasteiger charge is -2.12. The van der Waals surface area contributed by atoms with Crippen molar-refractivity contribution in [3.63, 3.8) is 0 Å². The van der Waals surface area contributed by atoms with E-state index in [2.05, 4.69) is 5.32 Å². The number of pyridine rings is 1. The Kier molecular flexibility index (Phi) is 5.98. The zero-order chi connectivity index (χ0) is 24.4. The van der Waals surface area contributed by atoms with Crippen LogP contribution in [-0.4, -0.2) is 23.5 Å². The van der Waals surface area contributed by atoms with E-state index in [1.54, 1.807) is 6.07 Å². The molecular formula is C30H24N2O3. The first-order valence-corrected chi connectivity index (χ1v) is 11.4. The van der Waals surface area contributed by atoms with Crippen LogP contribution in [0.4, 0.5) is 5.69 Å². The third-order valence-corrected chi connectivity index (χ3v) is 5.99. The molecule has 0 radical (unpaired) electrons. The number of carbonyl (C=O) groups is 2. The second kappa shape index (κ2) is 9.39. The van der Waals surface area contributed by atoms with Crippen LogP contribution in [-0.2, 0) is 9.53 Å². The van der Waals surface area contributed by atoms with E-state index in [0.29, 0.717) is 27.8 Å². The number of benzene rings is 4. The zero-order valence-electron chi connectivity index (χ0n) is 19.5. The Morgan fingerprint density at radius 3 is 2.40 bits per heavy atom. The summed E-state index contributed by atoms with van der Waals surface area (Å²) >= 11 is 0. The summed E-state index contributed by atoms with van der Waals surface area (Å²) in [6, 6.07) is 29.0. The van der Waals surface area contributed by atoms with Crippen molar-refractivity contribution in [2.75, 3.05) is 11.9 Å². The van der Waals surface area contributed by atoms with Gasteiger partial charge in [0.1, 0.15) is 0 Å². The van der Waals surface area contributed by atoms with Gasteiger partial charge in [0.05, 0.1) is 16.8 Å². The second-order valence-electron chi connectivity index (χ2n) is 8.54. The van der Waals surface area contributed by atoms with Crippen molar-refractivity contribution in [1.82, 2.24) is 4.98 Å². The van der Waals surface area contributed by atoms with Crippen LogP contribution in [0.5, 0.6) is 0 Å². The van der Waals surface area contributed by atoms with E-state index in [9.17, 15) is 9.59 Å². The highest BCUT2D eigenvalue weighted by Gasteiger charge is 2.17. The van der Waals surface area contributed by atoms with E-state index >= 15 is 0 Å². The number of amides is 1. The topological polar surface area (TPSA) is 68.3 Å². The molecular weight excluding hydrogens is 436 g/mol. The van der Waals surface area contributed by atoms with E-state index in [4.69, 9.17) is 9.72 Å². The molecule has 0 aliphatic carbocycles. The molecule has 5 heteroatoms. The average molecular weight is 461 g/mol. The van der Waals surface area contributed by atoms with Crippen molar-refractivity contribution in [3.05, 3.63) is 108 Å². The van der Waals surface area contributed by atoms with Gasteiger partial charge in [-0.3, -0.25) is 4.79 Å². The fraction of sp³-hybridized carbons (Fsp3) is 0.100. The molecule has 1 N–H and O–H groups in total. The zero-order valence-corrected chi connectivity index (χ0v) is 19.5. The van der Waals surface area contributed by atoms with E-state index in [1.807, 2.05) is 98.8 Å². The van der Waals surface area contributed by atoms with Crippen molar-refractivity contribution >= 4 is 39.2 Å². The molecule has 1 heterocycles. The summed E-state index contributed by atoms with van der Waals surface area (Å²) in [6.45, 7) is 3.53. The van der Waals surface area contributed by atoms with E-state index in [0.717, 1.165) is 27.5 Å². The fourth-order valence-corrected chi connectivity index (χ4v) is 4.28. The van der Waals surface area contributed by atoms with Crippen molar-refractivity contribution in [2.24, 2.45) is 0 Å². The van der Waals surface area contributed by atoms with Crippen molar-refractivity contribution in [1.29, 1.82) is 0 Å². The van der Waals surface area contributed by atoms with Crippen LogP contribution >= 0.6 is 0 Å². The van der Waals surface area contributed by atoms with Gasteiger partial charge in [-0.05, 0) is 48.4 Å². The molecule has 0 saturated heterocycles. The fourth-order valence-electron chi connectivity index (χ4n) is 4.28. The Balaban J connectivity index is 1.44. The van der Waals surface area contributed by atoms with Gasteiger partial charge in [0.15, 0.2) is 6.61 Å². The number of carbonyl (C=O) groups excluding carboxylic acids is 2. The number of nitrogens with zero attached hydrogens (tertiary/aromatic N) is 1. The Labute approximate surface area is 203 Å². The largest absolute Gasteiger partial charge is 0.452 e. The lowest BCUT2D eigenvalue weighted by atomic mass is 9.99. The third kappa shape index (κ3) is 4.62. The summed E-state index contributed by atoms with van der Waals surface area (Å²) in [5, 5.41) is 5.62.